The lowest BCUT2D eigenvalue weighted by molar-refractivity contribution is -0.183. The smallest absolute Gasteiger partial charge is 0.399 e. The molecule has 1 N–H and O–H groups in total. The number of amides is 1. The molecule has 0 aromatic carbocycles. The fourth-order valence-corrected chi connectivity index (χ4v) is 2.02. The summed E-state index contributed by atoms with van der Waals surface area (Å²) in [4.78, 5) is 35.6. The van der Waals surface area contributed by atoms with E-state index in [1.807, 2.05) is 0 Å². The summed E-state index contributed by atoms with van der Waals surface area (Å²) in [5.74, 6) is -3.09. The Balaban J connectivity index is 2.63. The quantitative estimate of drug-likeness (QED) is 0.452. The number of hydrogen-bond donors (Lipinski definition) is 1. The number of hydrogen-bond acceptors (Lipinski definition) is 5. The maximum absolute atomic E-state index is 11.9. The molecule has 0 bridgehead atoms. The molecule has 19 heavy (non-hydrogen) atoms. The van der Waals surface area contributed by atoms with E-state index >= 15 is 0 Å². The summed E-state index contributed by atoms with van der Waals surface area (Å²) in [6.45, 7) is 3.84. The van der Waals surface area contributed by atoms with Gasteiger partial charge < -0.3 is 19.5 Å². The molecule has 108 valence electrons. The van der Waals surface area contributed by atoms with Crippen LogP contribution in [-0.2, 0) is 23.9 Å². The summed E-state index contributed by atoms with van der Waals surface area (Å²) in [7, 11) is 0. The minimum absolute atomic E-state index is 0.258. The second-order valence-corrected chi connectivity index (χ2v) is 4.28. The molecule has 2 unspecified atom stereocenters. The standard InChI is InChI=1S/C12H19NO6/c1-3-18-8(2)19-12(17)10(14)13-7-5-4-6-9(13)11(15)16/h8-9H,3-7H2,1-2H3,(H,15,16). The molecule has 0 aromatic heterocycles. The third-order valence-corrected chi connectivity index (χ3v) is 2.90. The highest BCUT2D eigenvalue weighted by atomic mass is 16.7. The Morgan fingerprint density at radius 3 is 2.63 bits per heavy atom. The van der Waals surface area contributed by atoms with Crippen molar-refractivity contribution in [1.29, 1.82) is 0 Å². The average molecular weight is 273 g/mol. The van der Waals surface area contributed by atoms with Gasteiger partial charge in [-0.25, -0.2) is 9.59 Å². The van der Waals surface area contributed by atoms with Crippen molar-refractivity contribution < 1.29 is 29.0 Å². The van der Waals surface area contributed by atoms with Gasteiger partial charge in [0.05, 0.1) is 0 Å². The van der Waals surface area contributed by atoms with Crippen LogP contribution in [0.2, 0.25) is 0 Å². The predicted molar refractivity (Wildman–Crippen MR) is 64.2 cm³/mol. The average Bonchev–Trinajstić information content (AvgIpc) is 2.37. The van der Waals surface area contributed by atoms with Gasteiger partial charge in [0.2, 0.25) is 6.29 Å². The molecule has 0 aromatic rings. The van der Waals surface area contributed by atoms with Crippen molar-refractivity contribution in [2.24, 2.45) is 0 Å². The van der Waals surface area contributed by atoms with Crippen molar-refractivity contribution in [2.45, 2.75) is 45.4 Å². The Morgan fingerprint density at radius 2 is 2.05 bits per heavy atom. The number of rotatable bonds is 4. The summed E-state index contributed by atoms with van der Waals surface area (Å²) in [5, 5.41) is 9.03. The molecular formula is C12H19NO6. The van der Waals surface area contributed by atoms with Crippen LogP contribution >= 0.6 is 0 Å². The molecule has 2 atom stereocenters. The van der Waals surface area contributed by atoms with Crippen molar-refractivity contribution in [1.82, 2.24) is 4.90 Å². The van der Waals surface area contributed by atoms with Gasteiger partial charge in [-0.05, 0) is 33.1 Å². The van der Waals surface area contributed by atoms with Crippen LogP contribution in [0.4, 0.5) is 0 Å². The number of carboxylic acids is 1. The number of ether oxygens (including phenoxy) is 2. The number of esters is 1. The SMILES string of the molecule is CCOC(C)OC(=O)C(=O)N1CCCCC1C(=O)O. The van der Waals surface area contributed by atoms with Crippen molar-refractivity contribution in [3.8, 4) is 0 Å². The fourth-order valence-electron chi connectivity index (χ4n) is 2.02. The molecule has 1 amide bonds. The zero-order valence-corrected chi connectivity index (χ0v) is 11.1. The highest BCUT2D eigenvalue weighted by Crippen LogP contribution is 2.17. The first-order valence-corrected chi connectivity index (χ1v) is 6.33. The molecule has 0 saturated carbocycles. The third-order valence-electron chi connectivity index (χ3n) is 2.90. The summed E-state index contributed by atoms with van der Waals surface area (Å²) >= 11 is 0. The highest BCUT2D eigenvalue weighted by molar-refractivity contribution is 6.32. The molecule has 1 heterocycles. The zero-order chi connectivity index (χ0) is 14.4. The normalized spacial score (nSPS) is 20.7. The van der Waals surface area contributed by atoms with Crippen molar-refractivity contribution in [3.05, 3.63) is 0 Å². The van der Waals surface area contributed by atoms with E-state index in [-0.39, 0.29) is 6.54 Å². The highest BCUT2D eigenvalue weighted by Gasteiger charge is 2.36. The Kier molecular flexibility index (Phi) is 5.75. The minimum Gasteiger partial charge on any atom is -0.480 e. The van der Waals surface area contributed by atoms with Gasteiger partial charge >= 0.3 is 17.8 Å². The number of nitrogens with zero attached hydrogens (tertiary/aromatic N) is 1. The first kappa shape index (κ1) is 15.4. The van der Waals surface area contributed by atoms with E-state index in [0.29, 0.717) is 19.4 Å². The second kappa shape index (κ2) is 7.08. The van der Waals surface area contributed by atoms with Crippen LogP contribution in [0.25, 0.3) is 0 Å². The van der Waals surface area contributed by atoms with E-state index in [9.17, 15) is 14.4 Å². The summed E-state index contributed by atoms with van der Waals surface area (Å²) < 4.78 is 9.78. The molecule has 0 aliphatic carbocycles. The number of carbonyl (C=O) groups is 3. The summed E-state index contributed by atoms with van der Waals surface area (Å²) in [6, 6.07) is -0.948. The lowest BCUT2D eigenvalue weighted by Gasteiger charge is -2.32. The van der Waals surface area contributed by atoms with Crippen molar-refractivity contribution in [2.75, 3.05) is 13.2 Å². The molecule has 1 aliphatic rings. The fraction of sp³-hybridized carbons (Fsp3) is 0.750. The monoisotopic (exact) mass is 273 g/mol. The molecule has 1 aliphatic heterocycles. The topological polar surface area (TPSA) is 93.1 Å². The number of aliphatic carboxylic acids is 1. The Bertz CT molecular complexity index is 356. The van der Waals surface area contributed by atoms with Gasteiger partial charge in [-0.15, -0.1) is 0 Å². The van der Waals surface area contributed by atoms with Gasteiger partial charge in [0.15, 0.2) is 0 Å². The number of likely N-dealkylation sites (tertiary alicyclic amines) is 1. The summed E-state index contributed by atoms with van der Waals surface area (Å²) in [6.07, 6.45) is 0.944. The molecule has 1 fully saturated rings. The lowest BCUT2D eigenvalue weighted by atomic mass is 10.0. The van der Waals surface area contributed by atoms with Crippen molar-refractivity contribution in [3.63, 3.8) is 0 Å². The maximum atomic E-state index is 11.9. The molecule has 0 spiro atoms. The molecular weight excluding hydrogens is 254 g/mol. The van der Waals surface area contributed by atoms with E-state index in [0.717, 1.165) is 11.3 Å². The Hall–Kier alpha value is -1.63. The maximum Gasteiger partial charge on any atom is 0.399 e. The van der Waals surface area contributed by atoms with E-state index in [1.54, 1.807) is 6.92 Å². The first-order chi connectivity index (χ1) is 8.97. The number of carbonyl (C=O) groups excluding carboxylic acids is 2. The van der Waals surface area contributed by atoms with Crippen LogP contribution < -0.4 is 0 Å². The lowest BCUT2D eigenvalue weighted by Crippen LogP contribution is -2.51. The van der Waals surface area contributed by atoms with Crippen LogP contribution in [0.15, 0.2) is 0 Å². The van der Waals surface area contributed by atoms with Gasteiger partial charge in [0.25, 0.3) is 0 Å². The van der Waals surface area contributed by atoms with Crippen molar-refractivity contribution >= 4 is 17.8 Å². The number of piperidine rings is 1. The van der Waals surface area contributed by atoms with Crippen LogP contribution in [0.3, 0.4) is 0 Å². The van der Waals surface area contributed by atoms with Gasteiger partial charge in [-0.1, -0.05) is 0 Å². The van der Waals surface area contributed by atoms with Gasteiger partial charge in [0.1, 0.15) is 6.04 Å². The predicted octanol–water partition coefficient (Wildman–Crippen LogP) is 0.378. The first-order valence-electron chi connectivity index (χ1n) is 6.33. The van der Waals surface area contributed by atoms with E-state index in [1.165, 1.54) is 6.92 Å². The molecule has 7 heteroatoms. The summed E-state index contributed by atoms with van der Waals surface area (Å²) in [5.41, 5.74) is 0. The number of carboxylic acid groups (broad SMARTS) is 1. The van der Waals surface area contributed by atoms with Crippen LogP contribution in [0.1, 0.15) is 33.1 Å². The molecule has 1 saturated heterocycles. The van der Waals surface area contributed by atoms with Gasteiger partial charge in [-0.3, -0.25) is 4.79 Å². The molecule has 0 radical (unpaired) electrons. The Morgan fingerprint density at radius 1 is 1.37 bits per heavy atom. The Labute approximate surface area is 111 Å². The van der Waals surface area contributed by atoms with Crippen LogP contribution in [0, 0.1) is 0 Å². The largest absolute Gasteiger partial charge is 0.480 e. The zero-order valence-electron chi connectivity index (χ0n) is 11.1. The van der Waals surface area contributed by atoms with Crippen LogP contribution in [0.5, 0.6) is 0 Å². The molecule has 1 rings (SSSR count). The molecule has 7 nitrogen and oxygen atoms in total. The van der Waals surface area contributed by atoms with Gasteiger partial charge in [-0.2, -0.15) is 0 Å². The third kappa shape index (κ3) is 4.20. The second-order valence-electron chi connectivity index (χ2n) is 4.28. The van der Waals surface area contributed by atoms with Gasteiger partial charge in [0, 0.05) is 13.2 Å². The van der Waals surface area contributed by atoms with E-state index in [2.05, 4.69) is 0 Å². The van der Waals surface area contributed by atoms with Crippen LogP contribution in [-0.4, -0.2) is 53.3 Å². The minimum atomic E-state index is -1.10. The van der Waals surface area contributed by atoms with E-state index < -0.39 is 30.2 Å². The van der Waals surface area contributed by atoms with E-state index in [4.69, 9.17) is 14.6 Å².